The van der Waals surface area contributed by atoms with E-state index in [1.807, 2.05) is 0 Å². The van der Waals surface area contributed by atoms with Gasteiger partial charge in [0.25, 0.3) is 0 Å². The van der Waals surface area contributed by atoms with Crippen LogP contribution < -0.4 is 0 Å². The Kier molecular flexibility index (Phi) is 3.00. The van der Waals surface area contributed by atoms with E-state index in [9.17, 15) is 5.11 Å². The van der Waals surface area contributed by atoms with E-state index in [4.69, 9.17) is 0 Å². The fourth-order valence-electron chi connectivity index (χ4n) is 3.59. The van der Waals surface area contributed by atoms with Crippen LogP contribution in [0.1, 0.15) is 46.0 Å². The molecule has 90 valence electrons. The molecule has 0 spiro atoms. The molecule has 0 radical (unpaired) electrons. The number of allylic oxidation sites excluding steroid dienone is 1. The minimum absolute atomic E-state index is 0.262. The molecule has 0 unspecified atom stereocenters. The third-order valence-corrected chi connectivity index (χ3v) is 4.99. The van der Waals surface area contributed by atoms with Crippen molar-refractivity contribution < 1.29 is 5.11 Å². The van der Waals surface area contributed by atoms with Crippen LogP contribution in [0, 0.1) is 17.3 Å². The summed E-state index contributed by atoms with van der Waals surface area (Å²) >= 11 is 0. The number of hydrogen-bond acceptors (Lipinski definition) is 1. The number of aliphatic hydroxyl groups excluding tert-OH is 1. The fraction of sp³-hybridized carbons (Fsp3) is 0.733. The van der Waals surface area contributed by atoms with Crippen molar-refractivity contribution in [1.82, 2.24) is 0 Å². The Labute approximate surface area is 99.3 Å². The van der Waals surface area contributed by atoms with Gasteiger partial charge in [-0.1, -0.05) is 25.7 Å². The molecule has 0 heterocycles. The Morgan fingerprint density at radius 3 is 2.62 bits per heavy atom. The van der Waals surface area contributed by atoms with Crippen LogP contribution in [0.25, 0.3) is 0 Å². The number of hydrogen-bond donors (Lipinski definition) is 1. The Bertz CT molecular complexity index is 317. The molecule has 0 aromatic carbocycles. The van der Waals surface area contributed by atoms with Crippen LogP contribution in [0.5, 0.6) is 0 Å². The summed E-state index contributed by atoms with van der Waals surface area (Å²) in [5, 5.41) is 9.93. The molecule has 0 aromatic rings. The van der Waals surface area contributed by atoms with Crippen molar-refractivity contribution in [2.75, 3.05) is 0 Å². The van der Waals surface area contributed by atoms with Gasteiger partial charge in [0.15, 0.2) is 0 Å². The standard InChI is InChI=1S/C15H24O/c1-10(2)12-5-7-15(4)8-6-14(16)11(3)13(15)9-12/h12-14,16H,1,3,5-9H2,2,4H3/t12-,13-,14+,15-/m0/s1. The maximum Gasteiger partial charge on any atom is 0.0750 e. The molecular formula is C15H24O. The quantitative estimate of drug-likeness (QED) is 0.668. The van der Waals surface area contributed by atoms with E-state index in [2.05, 4.69) is 27.0 Å². The van der Waals surface area contributed by atoms with Gasteiger partial charge in [-0.25, -0.2) is 0 Å². The van der Waals surface area contributed by atoms with Crippen LogP contribution in [0.15, 0.2) is 24.3 Å². The van der Waals surface area contributed by atoms with Crippen molar-refractivity contribution in [2.45, 2.75) is 52.1 Å². The molecule has 2 saturated carbocycles. The van der Waals surface area contributed by atoms with Crippen LogP contribution in [0.3, 0.4) is 0 Å². The number of rotatable bonds is 1. The first-order chi connectivity index (χ1) is 7.44. The van der Waals surface area contributed by atoms with Crippen molar-refractivity contribution in [3.05, 3.63) is 24.3 Å². The molecule has 2 aliphatic rings. The van der Waals surface area contributed by atoms with Gasteiger partial charge in [-0.2, -0.15) is 0 Å². The third kappa shape index (κ3) is 1.86. The molecule has 1 heteroatoms. The van der Waals surface area contributed by atoms with E-state index in [1.165, 1.54) is 18.4 Å². The summed E-state index contributed by atoms with van der Waals surface area (Å²) in [6.45, 7) is 12.7. The highest BCUT2D eigenvalue weighted by Gasteiger charge is 2.45. The molecule has 4 atom stereocenters. The van der Waals surface area contributed by atoms with E-state index >= 15 is 0 Å². The summed E-state index contributed by atoms with van der Waals surface area (Å²) < 4.78 is 0. The van der Waals surface area contributed by atoms with Crippen LogP contribution in [0.4, 0.5) is 0 Å². The molecule has 16 heavy (non-hydrogen) atoms. The van der Waals surface area contributed by atoms with E-state index in [1.54, 1.807) is 0 Å². The van der Waals surface area contributed by atoms with Crippen molar-refractivity contribution in [1.29, 1.82) is 0 Å². The first-order valence-electron chi connectivity index (χ1n) is 6.46. The summed E-state index contributed by atoms with van der Waals surface area (Å²) in [6, 6.07) is 0. The zero-order chi connectivity index (χ0) is 11.9. The topological polar surface area (TPSA) is 20.2 Å². The summed E-state index contributed by atoms with van der Waals surface area (Å²) in [4.78, 5) is 0. The number of fused-ring (bicyclic) bond motifs is 1. The van der Waals surface area contributed by atoms with Gasteiger partial charge in [-0.15, -0.1) is 0 Å². The molecule has 0 aromatic heterocycles. The van der Waals surface area contributed by atoms with Gasteiger partial charge in [0.2, 0.25) is 0 Å². The van der Waals surface area contributed by atoms with Gasteiger partial charge in [0.1, 0.15) is 0 Å². The summed E-state index contributed by atoms with van der Waals surface area (Å²) in [6.07, 6.45) is 5.49. The largest absolute Gasteiger partial charge is 0.389 e. The molecule has 2 fully saturated rings. The van der Waals surface area contributed by atoms with Crippen LogP contribution in [-0.2, 0) is 0 Å². The summed E-state index contributed by atoms with van der Waals surface area (Å²) in [5.74, 6) is 1.15. The number of aliphatic hydroxyl groups is 1. The van der Waals surface area contributed by atoms with Gasteiger partial charge < -0.3 is 5.11 Å². The van der Waals surface area contributed by atoms with Crippen LogP contribution in [-0.4, -0.2) is 11.2 Å². The van der Waals surface area contributed by atoms with E-state index < -0.39 is 0 Å². The average molecular weight is 220 g/mol. The smallest absolute Gasteiger partial charge is 0.0750 e. The first kappa shape index (κ1) is 11.9. The van der Waals surface area contributed by atoms with E-state index in [-0.39, 0.29) is 6.10 Å². The fourth-order valence-corrected chi connectivity index (χ4v) is 3.59. The Balaban J connectivity index is 2.19. The first-order valence-corrected chi connectivity index (χ1v) is 6.46. The third-order valence-electron chi connectivity index (χ3n) is 4.99. The lowest BCUT2D eigenvalue weighted by molar-refractivity contribution is 0.0318. The molecule has 0 bridgehead atoms. The molecule has 1 N–H and O–H groups in total. The van der Waals surface area contributed by atoms with Crippen LogP contribution >= 0.6 is 0 Å². The highest BCUT2D eigenvalue weighted by atomic mass is 16.3. The lowest BCUT2D eigenvalue weighted by atomic mass is 9.56. The van der Waals surface area contributed by atoms with Crippen molar-refractivity contribution in [3.63, 3.8) is 0 Å². The van der Waals surface area contributed by atoms with Gasteiger partial charge in [0.05, 0.1) is 6.10 Å². The summed E-state index contributed by atoms with van der Waals surface area (Å²) in [7, 11) is 0. The second kappa shape index (κ2) is 4.03. The van der Waals surface area contributed by atoms with Gasteiger partial charge in [0, 0.05) is 0 Å². The highest BCUT2D eigenvalue weighted by molar-refractivity contribution is 5.18. The maximum atomic E-state index is 9.93. The predicted octanol–water partition coefficient (Wildman–Crippen LogP) is 3.70. The Morgan fingerprint density at radius 2 is 2.00 bits per heavy atom. The second-order valence-electron chi connectivity index (χ2n) is 6.15. The predicted molar refractivity (Wildman–Crippen MR) is 68.1 cm³/mol. The molecule has 0 saturated heterocycles. The zero-order valence-electron chi connectivity index (χ0n) is 10.6. The van der Waals surface area contributed by atoms with E-state index in [0.29, 0.717) is 17.3 Å². The molecular weight excluding hydrogens is 196 g/mol. The van der Waals surface area contributed by atoms with Gasteiger partial charge in [-0.05, 0) is 61.9 Å². The highest BCUT2D eigenvalue weighted by Crippen LogP contribution is 2.54. The summed E-state index contributed by atoms with van der Waals surface area (Å²) in [5.41, 5.74) is 2.78. The maximum absolute atomic E-state index is 9.93. The normalized spacial score (nSPS) is 43.9. The van der Waals surface area contributed by atoms with Gasteiger partial charge in [-0.3, -0.25) is 0 Å². The second-order valence-corrected chi connectivity index (χ2v) is 6.15. The van der Waals surface area contributed by atoms with E-state index in [0.717, 1.165) is 24.8 Å². The zero-order valence-corrected chi connectivity index (χ0v) is 10.6. The lowest BCUT2D eigenvalue weighted by Crippen LogP contribution is -2.42. The molecule has 2 aliphatic carbocycles. The Hall–Kier alpha value is -0.560. The minimum Gasteiger partial charge on any atom is -0.389 e. The molecule has 1 nitrogen and oxygen atoms in total. The Morgan fingerprint density at radius 1 is 1.38 bits per heavy atom. The average Bonchev–Trinajstić information content (AvgIpc) is 2.24. The minimum atomic E-state index is -0.262. The van der Waals surface area contributed by atoms with Crippen molar-refractivity contribution >= 4 is 0 Å². The lowest BCUT2D eigenvalue weighted by Gasteiger charge is -2.50. The van der Waals surface area contributed by atoms with Crippen molar-refractivity contribution in [2.24, 2.45) is 17.3 Å². The SMILES string of the molecule is C=C(C)[C@H]1CC[C@@]2(C)CC[C@@H](O)C(=C)[C@@H]2C1. The molecule has 0 aliphatic heterocycles. The van der Waals surface area contributed by atoms with Gasteiger partial charge >= 0.3 is 0 Å². The molecule has 2 rings (SSSR count). The monoisotopic (exact) mass is 220 g/mol. The van der Waals surface area contributed by atoms with Crippen molar-refractivity contribution in [3.8, 4) is 0 Å². The molecule has 0 amide bonds. The van der Waals surface area contributed by atoms with Crippen LogP contribution in [0.2, 0.25) is 0 Å².